The molecule has 204 valence electrons. The van der Waals surface area contributed by atoms with Crippen LogP contribution in [0, 0.1) is 5.92 Å². The molecule has 2 aromatic carbocycles. The summed E-state index contributed by atoms with van der Waals surface area (Å²) in [5.41, 5.74) is 1.67. The van der Waals surface area contributed by atoms with Gasteiger partial charge in [0, 0.05) is 41.9 Å². The number of aromatic nitrogens is 2. The fraction of sp³-hybridized carbons (Fsp3) is 0.393. The monoisotopic (exact) mass is 541 g/mol. The van der Waals surface area contributed by atoms with E-state index in [4.69, 9.17) is 26.2 Å². The number of rotatable bonds is 9. The van der Waals surface area contributed by atoms with Crippen molar-refractivity contribution in [1.29, 1.82) is 0 Å². The molecule has 0 saturated carbocycles. The van der Waals surface area contributed by atoms with Crippen molar-refractivity contribution in [3.8, 4) is 17.2 Å². The van der Waals surface area contributed by atoms with Crippen molar-refractivity contribution in [1.82, 2.24) is 14.7 Å². The van der Waals surface area contributed by atoms with Crippen molar-refractivity contribution in [3.05, 3.63) is 59.2 Å². The molecule has 1 aromatic heterocycles. The van der Waals surface area contributed by atoms with E-state index >= 15 is 0 Å². The number of halogens is 1. The summed E-state index contributed by atoms with van der Waals surface area (Å²) in [4.78, 5) is 27.9. The molecule has 0 unspecified atom stereocenters. The molecule has 1 heterocycles. The van der Waals surface area contributed by atoms with E-state index in [-0.39, 0.29) is 23.8 Å². The van der Waals surface area contributed by atoms with Gasteiger partial charge in [0.1, 0.15) is 23.9 Å². The Morgan fingerprint density at radius 3 is 2.21 bits per heavy atom. The molecule has 0 aliphatic heterocycles. The first-order chi connectivity index (χ1) is 17.9. The van der Waals surface area contributed by atoms with E-state index in [2.05, 4.69) is 10.6 Å². The number of nitrogens with zero attached hydrogens (tertiary/aromatic N) is 3. The van der Waals surface area contributed by atoms with Crippen LogP contribution in [0.15, 0.2) is 48.5 Å². The minimum atomic E-state index is -0.417. The standard InChI is InChI=1S/C28H36ClN5O4/c1-18(2)16-33(27(36)30-19-12-20(37-6)14-21(13-19)38-7)17-26(35)31-25-15-24(28(3,4)5)32-34(25)23-11-9-8-10-22(23)29/h8-15,18H,16-17H2,1-7H3,(H,30,36)(H,31,35). The van der Waals surface area contributed by atoms with Gasteiger partial charge in [0.2, 0.25) is 5.91 Å². The zero-order valence-corrected chi connectivity index (χ0v) is 23.7. The summed E-state index contributed by atoms with van der Waals surface area (Å²) >= 11 is 6.44. The largest absolute Gasteiger partial charge is 0.497 e. The third kappa shape index (κ3) is 7.41. The van der Waals surface area contributed by atoms with Gasteiger partial charge in [-0.3, -0.25) is 4.79 Å². The van der Waals surface area contributed by atoms with Crippen LogP contribution < -0.4 is 20.1 Å². The van der Waals surface area contributed by atoms with Crippen molar-refractivity contribution < 1.29 is 19.1 Å². The average Bonchev–Trinajstić information content (AvgIpc) is 3.27. The normalized spacial score (nSPS) is 11.3. The summed E-state index contributed by atoms with van der Waals surface area (Å²) in [6.07, 6.45) is 0. The lowest BCUT2D eigenvalue weighted by atomic mass is 9.92. The molecule has 0 aliphatic carbocycles. The third-order valence-corrected chi connectivity index (χ3v) is 5.96. The molecule has 38 heavy (non-hydrogen) atoms. The van der Waals surface area contributed by atoms with Gasteiger partial charge in [-0.15, -0.1) is 0 Å². The number of anilines is 2. The second-order valence-electron chi connectivity index (χ2n) is 10.4. The fourth-order valence-electron chi connectivity index (χ4n) is 3.74. The molecule has 3 aromatic rings. The number of hydrogen-bond donors (Lipinski definition) is 2. The van der Waals surface area contributed by atoms with Crippen LogP contribution in [-0.2, 0) is 10.2 Å². The van der Waals surface area contributed by atoms with Crippen LogP contribution in [0.3, 0.4) is 0 Å². The number of benzene rings is 2. The average molecular weight is 542 g/mol. The maximum Gasteiger partial charge on any atom is 0.322 e. The number of amides is 3. The smallest absolute Gasteiger partial charge is 0.322 e. The SMILES string of the molecule is COc1cc(NC(=O)N(CC(=O)Nc2cc(C(C)(C)C)nn2-c2ccccc2Cl)CC(C)C)cc(OC)c1. The minimum absolute atomic E-state index is 0.134. The molecule has 3 amide bonds. The molecular formula is C28H36ClN5O4. The first kappa shape index (κ1) is 28.8. The Balaban J connectivity index is 1.84. The Kier molecular flexibility index (Phi) is 9.27. The molecule has 0 atom stereocenters. The lowest BCUT2D eigenvalue weighted by Crippen LogP contribution is -2.42. The summed E-state index contributed by atoms with van der Waals surface area (Å²) in [6.45, 7) is 10.3. The number of nitrogens with one attached hydrogen (secondary N) is 2. The van der Waals surface area contributed by atoms with Crippen LogP contribution in [0.25, 0.3) is 5.69 Å². The summed E-state index contributed by atoms with van der Waals surface area (Å²) in [5.74, 6) is 1.31. The van der Waals surface area contributed by atoms with Gasteiger partial charge >= 0.3 is 6.03 Å². The van der Waals surface area contributed by atoms with Crippen molar-refractivity contribution in [2.75, 3.05) is 37.9 Å². The Bertz CT molecular complexity index is 1260. The highest BCUT2D eigenvalue weighted by molar-refractivity contribution is 6.32. The van der Waals surface area contributed by atoms with Gasteiger partial charge in [0.05, 0.1) is 30.6 Å². The molecule has 2 N–H and O–H groups in total. The predicted octanol–water partition coefficient (Wildman–Crippen LogP) is 5.97. The van der Waals surface area contributed by atoms with Crippen LogP contribution in [0.1, 0.15) is 40.3 Å². The van der Waals surface area contributed by atoms with Crippen LogP contribution in [0.2, 0.25) is 5.02 Å². The van der Waals surface area contributed by atoms with E-state index in [1.165, 1.54) is 19.1 Å². The fourth-order valence-corrected chi connectivity index (χ4v) is 3.96. The number of carbonyl (C=O) groups is 2. The predicted molar refractivity (Wildman–Crippen MR) is 151 cm³/mol. The molecule has 0 saturated heterocycles. The first-order valence-corrected chi connectivity index (χ1v) is 12.7. The molecule has 0 bridgehead atoms. The Hall–Kier alpha value is -3.72. The molecule has 9 nitrogen and oxygen atoms in total. The van der Waals surface area contributed by atoms with E-state index in [1.807, 2.05) is 58.9 Å². The topological polar surface area (TPSA) is 97.7 Å². The van der Waals surface area contributed by atoms with Crippen molar-refractivity contribution >= 4 is 35.0 Å². The summed E-state index contributed by atoms with van der Waals surface area (Å²) < 4.78 is 12.2. The summed E-state index contributed by atoms with van der Waals surface area (Å²) in [5, 5.41) is 11.0. The number of carbonyl (C=O) groups excluding carboxylic acids is 2. The number of urea groups is 1. The maximum absolute atomic E-state index is 13.2. The lowest BCUT2D eigenvalue weighted by molar-refractivity contribution is -0.116. The van der Waals surface area contributed by atoms with E-state index < -0.39 is 6.03 Å². The van der Waals surface area contributed by atoms with Gasteiger partial charge in [-0.2, -0.15) is 5.10 Å². The second kappa shape index (κ2) is 12.2. The molecule has 10 heteroatoms. The van der Waals surface area contributed by atoms with Crippen LogP contribution in [-0.4, -0.2) is 53.9 Å². The molecule has 0 aliphatic rings. The molecule has 0 spiro atoms. The van der Waals surface area contributed by atoms with Crippen molar-refractivity contribution in [2.24, 2.45) is 5.92 Å². The van der Waals surface area contributed by atoms with Gasteiger partial charge in [-0.1, -0.05) is 58.4 Å². The van der Waals surface area contributed by atoms with Gasteiger partial charge in [-0.05, 0) is 18.1 Å². The molecule has 0 fully saturated rings. The number of methoxy groups -OCH3 is 2. The van der Waals surface area contributed by atoms with Gasteiger partial charge in [0.15, 0.2) is 0 Å². The quantitative estimate of drug-likeness (QED) is 0.348. The van der Waals surface area contributed by atoms with Gasteiger partial charge < -0.3 is 25.0 Å². The third-order valence-electron chi connectivity index (χ3n) is 5.64. The van der Waals surface area contributed by atoms with Crippen LogP contribution in [0.5, 0.6) is 11.5 Å². The molecule has 0 radical (unpaired) electrons. The van der Waals surface area contributed by atoms with E-state index in [0.717, 1.165) is 5.69 Å². The Labute approximate surface area is 229 Å². The van der Waals surface area contributed by atoms with Gasteiger partial charge in [-0.25, -0.2) is 9.48 Å². The maximum atomic E-state index is 13.2. The summed E-state index contributed by atoms with van der Waals surface area (Å²) in [6, 6.07) is 13.8. The Morgan fingerprint density at radius 1 is 1.03 bits per heavy atom. The van der Waals surface area contributed by atoms with E-state index in [1.54, 1.807) is 28.9 Å². The zero-order valence-electron chi connectivity index (χ0n) is 23.0. The highest BCUT2D eigenvalue weighted by atomic mass is 35.5. The Morgan fingerprint density at radius 2 is 1.66 bits per heavy atom. The van der Waals surface area contributed by atoms with Gasteiger partial charge in [0.25, 0.3) is 0 Å². The highest BCUT2D eigenvalue weighted by Gasteiger charge is 2.24. The highest BCUT2D eigenvalue weighted by Crippen LogP contribution is 2.29. The van der Waals surface area contributed by atoms with Crippen LogP contribution in [0.4, 0.5) is 16.3 Å². The number of hydrogen-bond acceptors (Lipinski definition) is 5. The van der Waals surface area contributed by atoms with Crippen LogP contribution >= 0.6 is 11.6 Å². The lowest BCUT2D eigenvalue weighted by Gasteiger charge is -2.24. The summed E-state index contributed by atoms with van der Waals surface area (Å²) in [7, 11) is 3.07. The van der Waals surface area contributed by atoms with E-state index in [9.17, 15) is 9.59 Å². The molecule has 3 rings (SSSR count). The second-order valence-corrected chi connectivity index (χ2v) is 10.8. The number of para-hydroxylation sites is 1. The zero-order chi connectivity index (χ0) is 28.0. The van der Waals surface area contributed by atoms with E-state index in [0.29, 0.717) is 40.3 Å². The van der Waals surface area contributed by atoms with Crippen molar-refractivity contribution in [3.63, 3.8) is 0 Å². The van der Waals surface area contributed by atoms with Crippen molar-refractivity contribution in [2.45, 2.75) is 40.0 Å². The molecular weight excluding hydrogens is 506 g/mol. The number of ether oxygens (including phenoxy) is 2. The minimum Gasteiger partial charge on any atom is -0.497 e. The first-order valence-electron chi connectivity index (χ1n) is 12.4.